The van der Waals surface area contributed by atoms with Crippen LogP contribution in [-0.4, -0.2) is 42.5 Å². The molecule has 0 radical (unpaired) electrons. The first-order chi connectivity index (χ1) is 11.4. The zero-order chi connectivity index (χ0) is 17.7. The molecular weight excluding hydrogens is 324 g/mol. The third-order valence-electron chi connectivity index (χ3n) is 3.56. The average Bonchev–Trinajstić information content (AvgIpc) is 3.06. The van der Waals surface area contributed by atoms with Gasteiger partial charge in [-0.05, 0) is 30.7 Å². The fraction of sp³-hybridized carbons (Fsp3) is 0.353. The van der Waals surface area contributed by atoms with E-state index < -0.39 is 0 Å². The smallest absolute Gasteiger partial charge is 0.319 e. The van der Waals surface area contributed by atoms with E-state index in [9.17, 15) is 9.59 Å². The number of urea groups is 1. The topological polar surface area (TPSA) is 74.3 Å². The molecule has 1 heterocycles. The maximum absolute atomic E-state index is 12.0. The Labute approximate surface area is 145 Å². The summed E-state index contributed by atoms with van der Waals surface area (Å²) in [6.07, 6.45) is 1.76. The van der Waals surface area contributed by atoms with E-state index in [4.69, 9.17) is 0 Å². The van der Waals surface area contributed by atoms with Gasteiger partial charge in [-0.25, -0.2) is 9.78 Å². The number of rotatable bonds is 5. The summed E-state index contributed by atoms with van der Waals surface area (Å²) < 4.78 is 0. The highest BCUT2D eigenvalue weighted by Gasteiger charge is 2.13. The highest BCUT2D eigenvalue weighted by Crippen LogP contribution is 2.18. The van der Waals surface area contributed by atoms with E-state index in [2.05, 4.69) is 15.6 Å². The summed E-state index contributed by atoms with van der Waals surface area (Å²) in [6.45, 7) is 4.38. The Balaban J connectivity index is 1.92. The van der Waals surface area contributed by atoms with Gasteiger partial charge in [-0.2, -0.15) is 0 Å². The Morgan fingerprint density at radius 1 is 1.33 bits per heavy atom. The van der Waals surface area contributed by atoms with Crippen LogP contribution in [0.5, 0.6) is 0 Å². The number of anilines is 1. The minimum Gasteiger partial charge on any atom is -0.345 e. The monoisotopic (exact) mass is 346 g/mol. The lowest BCUT2D eigenvalue weighted by molar-refractivity contribution is 0.0827. The standard InChI is InChI=1S/C17H22N4O2S/c1-11-9-13(5-6-14(11)16(22)21(3)4)20-17(23)19-10-12(2)15-18-7-8-24-15/h5-9,12H,10H2,1-4H3,(H2,19,20,23)/t12-/m1/s1. The summed E-state index contributed by atoms with van der Waals surface area (Å²) in [6, 6.07) is 4.98. The van der Waals surface area contributed by atoms with Crippen molar-refractivity contribution in [2.45, 2.75) is 19.8 Å². The van der Waals surface area contributed by atoms with Crippen LogP contribution < -0.4 is 10.6 Å². The summed E-state index contributed by atoms with van der Waals surface area (Å²) in [5.74, 6) is 0.110. The quantitative estimate of drug-likeness (QED) is 0.874. The molecule has 0 unspecified atom stereocenters. The van der Waals surface area contributed by atoms with E-state index in [1.54, 1.807) is 49.8 Å². The molecule has 2 aromatic rings. The number of thiazole rings is 1. The molecule has 1 aromatic heterocycles. The molecule has 0 fully saturated rings. The number of nitrogens with zero attached hydrogens (tertiary/aromatic N) is 2. The van der Waals surface area contributed by atoms with E-state index in [1.165, 1.54) is 4.90 Å². The van der Waals surface area contributed by atoms with Gasteiger partial charge < -0.3 is 15.5 Å². The molecule has 1 aromatic carbocycles. The van der Waals surface area contributed by atoms with Gasteiger partial charge in [0, 0.05) is 49.4 Å². The number of hydrogen-bond acceptors (Lipinski definition) is 4. The summed E-state index contributed by atoms with van der Waals surface area (Å²) >= 11 is 1.58. The van der Waals surface area contributed by atoms with Gasteiger partial charge in [0.05, 0.1) is 5.01 Å². The molecule has 0 aliphatic carbocycles. The van der Waals surface area contributed by atoms with Crippen molar-refractivity contribution in [3.63, 3.8) is 0 Å². The van der Waals surface area contributed by atoms with Crippen LogP contribution in [0.15, 0.2) is 29.8 Å². The number of nitrogens with one attached hydrogen (secondary N) is 2. The molecule has 2 rings (SSSR count). The number of hydrogen-bond donors (Lipinski definition) is 2. The molecule has 128 valence electrons. The van der Waals surface area contributed by atoms with Gasteiger partial charge in [0.1, 0.15) is 0 Å². The van der Waals surface area contributed by atoms with Gasteiger partial charge in [-0.15, -0.1) is 11.3 Å². The summed E-state index contributed by atoms with van der Waals surface area (Å²) in [5, 5.41) is 8.54. The lowest BCUT2D eigenvalue weighted by atomic mass is 10.1. The van der Waals surface area contributed by atoms with Gasteiger partial charge >= 0.3 is 6.03 Å². The molecule has 7 heteroatoms. The zero-order valence-corrected chi connectivity index (χ0v) is 15.1. The van der Waals surface area contributed by atoms with Crippen LogP contribution >= 0.6 is 11.3 Å². The first-order valence-corrected chi connectivity index (χ1v) is 8.53. The predicted molar refractivity (Wildman–Crippen MR) is 96.7 cm³/mol. The summed E-state index contributed by atoms with van der Waals surface area (Å²) in [4.78, 5) is 29.8. The molecule has 0 spiro atoms. The third kappa shape index (κ3) is 4.55. The van der Waals surface area contributed by atoms with E-state index in [0.29, 0.717) is 17.8 Å². The highest BCUT2D eigenvalue weighted by atomic mass is 32.1. The van der Waals surface area contributed by atoms with Crippen molar-refractivity contribution in [3.8, 4) is 0 Å². The molecule has 3 amide bonds. The van der Waals surface area contributed by atoms with Crippen molar-refractivity contribution in [1.29, 1.82) is 0 Å². The van der Waals surface area contributed by atoms with Crippen molar-refractivity contribution in [2.24, 2.45) is 0 Å². The predicted octanol–water partition coefficient (Wildman–Crippen LogP) is 3.08. The molecule has 0 aliphatic rings. The van der Waals surface area contributed by atoms with E-state index in [-0.39, 0.29) is 17.9 Å². The van der Waals surface area contributed by atoms with Gasteiger partial charge in [0.25, 0.3) is 5.91 Å². The molecular formula is C17H22N4O2S. The van der Waals surface area contributed by atoms with Crippen molar-refractivity contribution in [2.75, 3.05) is 26.0 Å². The maximum atomic E-state index is 12.0. The minimum atomic E-state index is -0.274. The lowest BCUT2D eigenvalue weighted by Crippen LogP contribution is -2.31. The van der Waals surface area contributed by atoms with Crippen molar-refractivity contribution < 1.29 is 9.59 Å². The molecule has 0 saturated heterocycles. The second-order valence-corrected chi connectivity index (χ2v) is 6.76. The van der Waals surface area contributed by atoms with E-state index in [0.717, 1.165) is 10.6 Å². The SMILES string of the molecule is Cc1cc(NC(=O)NC[C@@H](C)c2nccs2)ccc1C(=O)N(C)C. The second-order valence-electron chi connectivity index (χ2n) is 5.84. The Morgan fingerprint density at radius 2 is 2.08 bits per heavy atom. The summed E-state index contributed by atoms with van der Waals surface area (Å²) in [5.41, 5.74) is 2.10. The number of aryl methyl sites for hydroxylation is 1. The Bertz CT molecular complexity index is 713. The van der Waals surface area contributed by atoms with Crippen LogP contribution in [0.3, 0.4) is 0 Å². The van der Waals surface area contributed by atoms with Crippen LogP contribution in [0, 0.1) is 6.92 Å². The van der Waals surface area contributed by atoms with Crippen LogP contribution in [0.4, 0.5) is 10.5 Å². The molecule has 24 heavy (non-hydrogen) atoms. The Morgan fingerprint density at radius 3 is 2.67 bits per heavy atom. The van der Waals surface area contributed by atoms with Gasteiger partial charge in [0.15, 0.2) is 0 Å². The van der Waals surface area contributed by atoms with Crippen LogP contribution in [-0.2, 0) is 0 Å². The normalized spacial score (nSPS) is 11.7. The lowest BCUT2D eigenvalue weighted by Gasteiger charge is -2.14. The number of carbonyl (C=O) groups is 2. The average molecular weight is 346 g/mol. The van der Waals surface area contributed by atoms with Crippen LogP contribution in [0.1, 0.15) is 33.8 Å². The van der Waals surface area contributed by atoms with Crippen molar-refractivity contribution in [3.05, 3.63) is 45.9 Å². The van der Waals surface area contributed by atoms with Gasteiger partial charge in [0.2, 0.25) is 0 Å². The van der Waals surface area contributed by atoms with Gasteiger partial charge in [-0.1, -0.05) is 6.92 Å². The van der Waals surface area contributed by atoms with Crippen molar-refractivity contribution >= 4 is 29.0 Å². The zero-order valence-electron chi connectivity index (χ0n) is 14.3. The first-order valence-electron chi connectivity index (χ1n) is 7.65. The molecule has 1 atom stereocenters. The van der Waals surface area contributed by atoms with Gasteiger partial charge in [-0.3, -0.25) is 4.79 Å². The van der Waals surface area contributed by atoms with Crippen LogP contribution in [0.2, 0.25) is 0 Å². The first kappa shape index (κ1) is 17.9. The molecule has 6 nitrogen and oxygen atoms in total. The number of amides is 3. The molecule has 0 aliphatic heterocycles. The van der Waals surface area contributed by atoms with Crippen molar-refractivity contribution in [1.82, 2.24) is 15.2 Å². The molecule has 0 saturated carbocycles. The van der Waals surface area contributed by atoms with Crippen LogP contribution in [0.25, 0.3) is 0 Å². The molecule has 0 bridgehead atoms. The number of aromatic nitrogens is 1. The minimum absolute atomic E-state index is 0.0548. The highest BCUT2D eigenvalue weighted by molar-refractivity contribution is 7.09. The van der Waals surface area contributed by atoms with E-state index >= 15 is 0 Å². The number of benzene rings is 1. The molecule has 2 N–H and O–H groups in total. The summed E-state index contributed by atoms with van der Waals surface area (Å²) in [7, 11) is 3.43. The number of carbonyl (C=O) groups excluding carboxylic acids is 2. The van der Waals surface area contributed by atoms with E-state index in [1.807, 2.05) is 19.2 Å². The fourth-order valence-electron chi connectivity index (χ4n) is 2.21. The fourth-order valence-corrected chi connectivity index (χ4v) is 2.91. The third-order valence-corrected chi connectivity index (χ3v) is 4.57. The second kappa shape index (κ2) is 7.92. The maximum Gasteiger partial charge on any atom is 0.319 e. The largest absolute Gasteiger partial charge is 0.345 e. The Hall–Kier alpha value is -2.41. The Kier molecular flexibility index (Phi) is 5.92.